The van der Waals surface area contributed by atoms with E-state index in [1.807, 2.05) is 37.4 Å². The molecule has 1 N–H and O–H groups in total. The normalized spacial score (nSPS) is 10.7. The van der Waals surface area contributed by atoms with Crippen LogP contribution in [-0.2, 0) is 7.05 Å². The van der Waals surface area contributed by atoms with Crippen LogP contribution in [0.15, 0.2) is 30.3 Å². The summed E-state index contributed by atoms with van der Waals surface area (Å²) in [6.07, 6.45) is 0. The van der Waals surface area contributed by atoms with Crippen LogP contribution in [0, 0.1) is 0 Å². The number of rotatable bonds is 7. The van der Waals surface area contributed by atoms with E-state index < -0.39 is 0 Å². The van der Waals surface area contributed by atoms with E-state index in [0.717, 1.165) is 17.2 Å². The van der Waals surface area contributed by atoms with Gasteiger partial charge in [-0.05, 0) is 36.2 Å². The molecule has 0 saturated carbocycles. The summed E-state index contributed by atoms with van der Waals surface area (Å²) in [7, 11) is 3.46. The second kappa shape index (κ2) is 7.67. The van der Waals surface area contributed by atoms with Crippen LogP contribution in [0.2, 0.25) is 0 Å². The van der Waals surface area contributed by atoms with Gasteiger partial charge in [0.05, 0.1) is 13.7 Å². The van der Waals surface area contributed by atoms with Gasteiger partial charge in [0.1, 0.15) is 23.8 Å². The maximum absolute atomic E-state index is 12.1. The number of nitrogens with zero attached hydrogens (tertiary/aromatic N) is 2. The van der Waals surface area contributed by atoms with Crippen molar-refractivity contribution >= 4 is 5.91 Å². The van der Waals surface area contributed by atoms with Gasteiger partial charge in [0.15, 0.2) is 0 Å². The molecule has 2 aromatic rings. The van der Waals surface area contributed by atoms with Gasteiger partial charge in [-0.1, -0.05) is 13.8 Å². The average molecular weight is 317 g/mol. The molecule has 0 aliphatic carbocycles. The second-order valence-electron chi connectivity index (χ2n) is 5.51. The number of carbonyl (C=O) groups excluding carboxylic acids is 1. The van der Waals surface area contributed by atoms with Gasteiger partial charge in [-0.25, -0.2) is 0 Å². The van der Waals surface area contributed by atoms with Crippen molar-refractivity contribution < 1.29 is 14.3 Å². The quantitative estimate of drug-likeness (QED) is 0.796. The Hall–Kier alpha value is -2.50. The third-order valence-electron chi connectivity index (χ3n) is 3.46. The monoisotopic (exact) mass is 317 g/mol. The Kier molecular flexibility index (Phi) is 5.62. The third-order valence-corrected chi connectivity index (χ3v) is 3.46. The molecule has 0 unspecified atom stereocenters. The van der Waals surface area contributed by atoms with E-state index in [1.54, 1.807) is 11.8 Å². The lowest BCUT2D eigenvalue weighted by Gasteiger charge is -2.07. The molecule has 0 saturated heterocycles. The first-order chi connectivity index (χ1) is 11.0. The van der Waals surface area contributed by atoms with E-state index >= 15 is 0 Å². The fourth-order valence-electron chi connectivity index (χ4n) is 2.23. The van der Waals surface area contributed by atoms with E-state index in [-0.39, 0.29) is 5.91 Å². The fourth-order valence-corrected chi connectivity index (χ4v) is 2.23. The van der Waals surface area contributed by atoms with Crippen molar-refractivity contribution in [2.75, 3.05) is 20.3 Å². The van der Waals surface area contributed by atoms with E-state index in [9.17, 15) is 4.79 Å². The summed E-state index contributed by atoms with van der Waals surface area (Å²) in [6, 6.07) is 9.14. The topological polar surface area (TPSA) is 65.4 Å². The zero-order valence-electron chi connectivity index (χ0n) is 14.0. The molecule has 0 spiro atoms. The molecule has 0 aliphatic rings. The number of nitrogens with one attached hydrogen (secondary N) is 1. The van der Waals surface area contributed by atoms with Crippen LogP contribution >= 0.6 is 0 Å². The number of amides is 1. The molecular weight excluding hydrogens is 294 g/mol. The molecule has 0 bridgehead atoms. The number of carbonyl (C=O) groups is 1. The summed E-state index contributed by atoms with van der Waals surface area (Å²) in [5.41, 5.74) is 1.46. The summed E-state index contributed by atoms with van der Waals surface area (Å²) < 4.78 is 12.4. The molecule has 6 heteroatoms. The van der Waals surface area contributed by atoms with Gasteiger partial charge >= 0.3 is 0 Å². The highest BCUT2D eigenvalue weighted by Gasteiger charge is 2.14. The van der Waals surface area contributed by atoms with E-state index in [2.05, 4.69) is 24.3 Å². The van der Waals surface area contributed by atoms with Crippen LogP contribution in [-0.4, -0.2) is 35.9 Å². The molecule has 0 fully saturated rings. The van der Waals surface area contributed by atoms with Crippen molar-refractivity contribution in [3.63, 3.8) is 0 Å². The van der Waals surface area contributed by atoms with Crippen LogP contribution in [0.3, 0.4) is 0 Å². The van der Waals surface area contributed by atoms with E-state index in [4.69, 9.17) is 9.47 Å². The summed E-state index contributed by atoms with van der Waals surface area (Å²) in [5.74, 6) is 1.65. The number of ether oxygens (including phenoxy) is 2. The van der Waals surface area contributed by atoms with E-state index in [1.165, 1.54) is 0 Å². The molecule has 1 aromatic carbocycles. The molecule has 0 atom stereocenters. The van der Waals surface area contributed by atoms with Crippen LogP contribution in [0.25, 0.3) is 0 Å². The average Bonchev–Trinajstić information content (AvgIpc) is 2.94. The van der Waals surface area contributed by atoms with Gasteiger partial charge in [-0.2, -0.15) is 5.10 Å². The Balaban J connectivity index is 1.79. The van der Waals surface area contributed by atoms with Crippen LogP contribution < -0.4 is 14.8 Å². The number of hydrogen-bond donors (Lipinski definition) is 1. The van der Waals surface area contributed by atoms with Crippen LogP contribution in [0.4, 0.5) is 0 Å². The summed E-state index contributed by atoms with van der Waals surface area (Å²) in [4.78, 5) is 12.1. The first-order valence-electron chi connectivity index (χ1n) is 7.60. The first-order valence-corrected chi connectivity index (χ1v) is 7.60. The second-order valence-corrected chi connectivity index (χ2v) is 5.51. The Morgan fingerprint density at radius 3 is 2.48 bits per heavy atom. The van der Waals surface area contributed by atoms with Crippen LogP contribution in [0.5, 0.6) is 11.5 Å². The lowest BCUT2D eigenvalue weighted by atomic mass is 10.1. The van der Waals surface area contributed by atoms with Gasteiger partial charge in [-0.15, -0.1) is 0 Å². The smallest absolute Gasteiger partial charge is 0.271 e. The number of aryl methyl sites for hydroxylation is 1. The predicted molar refractivity (Wildman–Crippen MR) is 88.1 cm³/mol. The first kappa shape index (κ1) is 16.9. The summed E-state index contributed by atoms with van der Waals surface area (Å²) in [6.45, 7) is 4.95. The maximum Gasteiger partial charge on any atom is 0.271 e. The Morgan fingerprint density at radius 1 is 1.26 bits per heavy atom. The molecule has 1 heterocycles. The van der Waals surface area contributed by atoms with Gasteiger partial charge < -0.3 is 14.8 Å². The lowest BCUT2D eigenvalue weighted by molar-refractivity contribution is 0.0941. The highest BCUT2D eigenvalue weighted by molar-refractivity contribution is 5.92. The zero-order valence-corrected chi connectivity index (χ0v) is 14.0. The highest BCUT2D eigenvalue weighted by atomic mass is 16.5. The van der Waals surface area contributed by atoms with E-state index in [0.29, 0.717) is 24.8 Å². The Labute approximate surface area is 136 Å². The van der Waals surface area contributed by atoms with Crippen molar-refractivity contribution in [3.8, 4) is 11.5 Å². The van der Waals surface area contributed by atoms with Crippen LogP contribution in [0.1, 0.15) is 35.9 Å². The minimum atomic E-state index is -0.189. The molecular formula is C17H23N3O3. The van der Waals surface area contributed by atoms with Crippen molar-refractivity contribution in [2.45, 2.75) is 19.8 Å². The minimum absolute atomic E-state index is 0.189. The molecule has 23 heavy (non-hydrogen) atoms. The minimum Gasteiger partial charge on any atom is -0.497 e. The lowest BCUT2D eigenvalue weighted by Crippen LogP contribution is -2.28. The fraction of sp³-hybridized carbons (Fsp3) is 0.412. The molecule has 1 aromatic heterocycles. The molecule has 1 amide bonds. The van der Waals surface area contributed by atoms with Crippen molar-refractivity contribution in [2.24, 2.45) is 7.05 Å². The standard InChI is InChI=1S/C17H23N3O3/c1-12(2)16-11-15(19-20(16)3)17(21)18-9-10-23-14-7-5-13(22-4)6-8-14/h5-8,11-12H,9-10H2,1-4H3,(H,18,21). The number of methoxy groups -OCH3 is 1. The zero-order chi connectivity index (χ0) is 16.8. The predicted octanol–water partition coefficient (Wildman–Crippen LogP) is 2.36. The highest BCUT2D eigenvalue weighted by Crippen LogP contribution is 2.17. The van der Waals surface area contributed by atoms with Gasteiger partial charge in [-0.3, -0.25) is 9.48 Å². The summed E-state index contributed by atoms with van der Waals surface area (Å²) in [5, 5.41) is 7.04. The molecule has 2 rings (SSSR count). The number of aromatic nitrogens is 2. The van der Waals surface area contributed by atoms with Gasteiger partial charge in [0.2, 0.25) is 0 Å². The number of hydrogen-bond acceptors (Lipinski definition) is 4. The maximum atomic E-state index is 12.1. The van der Waals surface area contributed by atoms with Crippen molar-refractivity contribution in [1.29, 1.82) is 0 Å². The van der Waals surface area contributed by atoms with Gasteiger partial charge in [0, 0.05) is 12.7 Å². The largest absolute Gasteiger partial charge is 0.497 e. The third kappa shape index (κ3) is 4.48. The summed E-state index contributed by atoms with van der Waals surface area (Å²) >= 11 is 0. The van der Waals surface area contributed by atoms with Crippen molar-refractivity contribution in [1.82, 2.24) is 15.1 Å². The Bertz CT molecular complexity index is 648. The van der Waals surface area contributed by atoms with Gasteiger partial charge in [0.25, 0.3) is 5.91 Å². The molecule has 0 aliphatic heterocycles. The SMILES string of the molecule is COc1ccc(OCCNC(=O)c2cc(C(C)C)n(C)n2)cc1. The van der Waals surface area contributed by atoms with Crippen molar-refractivity contribution in [3.05, 3.63) is 41.7 Å². The molecule has 6 nitrogen and oxygen atoms in total. The molecule has 0 radical (unpaired) electrons. The Morgan fingerprint density at radius 2 is 1.91 bits per heavy atom. The molecule has 124 valence electrons. The number of benzene rings is 1.